The molecule has 1 fully saturated rings. The van der Waals surface area contributed by atoms with Crippen molar-refractivity contribution in [1.82, 2.24) is 0 Å². The maximum Gasteiger partial charge on any atom is 0.161 e. The van der Waals surface area contributed by atoms with Crippen molar-refractivity contribution in [2.45, 2.75) is 25.9 Å². The van der Waals surface area contributed by atoms with Crippen LogP contribution in [-0.4, -0.2) is 39.4 Å². The van der Waals surface area contributed by atoms with Gasteiger partial charge in [0.1, 0.15) is 12.1 Å². The van der Waals surface area contributed by atoms with E-state index in [1.54, 1.807) is 28.4 Å². The normalized spacial score (nSPS) is 23.6. The maximum absolute atomic E-state index is 9.81. The van der Waals surface area contributed by atoms with Crippen molar-refractivity contribution >= 4 is 5.71 Å². The zero-order valence-corrected chi connectivity index (χ0v) is 18.4. The number of oxime groups is 1. The summed E-state index contributed by atoms with van der Waals surface area (Å²) in [5.41, 5.74) is 2.94. The Bertz CT molecular complexity index is 845. The molecule has 0 spiro atoms. The van der Waals surface area contributed by atoms with Gasteiger partial charge in [-0.15, -0.1) is 0 Å². The number of hydrogen-bond acceptors (Lipinski definition) is 6. The minimum Gasteiger partial charge on any atom is -0.493 e. The van der Waals surface area contributed by atoms with E-state index in [1.165, 1.54) is 0 Å². The molecule has 1 heterocycles. The third-order valence-electron chi connectivity index (χ3n) is 6.13. The van der Waals surface area contributed by atoms with Gasteiger partial charge in [0.2, 0.25) is 0 Å². The highest BCUT2D eigenvalue weighted by molar-refractivity contribution is 5.89. The molecule has 0 unspecified atom stereocenters. The maximum atomic E-state index is 9.81. The molecule has 0 bridgehead atoms. The van der Waals surface area contributed by atoms with Crippen molar-refractivity contribution in [3.63, 3.8) is 0 Å². The first-order chi connectivity index (χ1) is 14.5. The predicted octanol–water partition coefficient (Wildman–Crippen LogP) is 3.18. The lowest BCUT2D eigenvalue weighted by atomic mass is 9.75. The average Bonchev–Trinajstić information content (AvgIpc) is 2.78. The van der Waals surface area contributed by atoms with Gasteiger partial charge >= 0.3 is 0 Å². The highest BCUT2D eigenvalue weighted by Crippen LogP contribution is 2.38. The largest absolute Gasteiger partial charge is 0.493 e. The molecule has 0 amide bonds. The van der Waals surface area contributed by atoms with E-state index in [2.05, 4.69) is 24.3 Å². The van der Waals surface area contributed by atoms with Crippen molar-refractivity contribution in [2.24, 2.45) is 17.0 Å². The van der Waals surface area contributed by atoms with Crippen LogP contribution in [0.4, 0.5) is 0 Å². The van der Waals surface area contributed by atoms with Gasteiger partial charge in [-0.3, -0.25) is 0 Å². The van der Waals surface area contributed by atoms with E-state index in [9.17, 15) is 5.21 Å². The van der Waals surface area contributed by atoms with Crippen LogP contribution in [0.3, 0.4) is 0 Å². The minimum absolute atomic E-state index is 0.0412. The Hall–Kier alpha value is -2.93. The van der Waals surface area contributed by atoms with Crippen LogP contribution in [0.1, 0.15) is 37.1 Å². The van der Waals surface area contributed by atoms with Gasteiger partial charge in [0.25, 0.3) is 0 Å². The summed E-state index contributed by atoms with van der Waals surface area (Å²) in [4.78, 5) is 0. The Labute approximate surface area is 177 Å². The van der Waals surface area contributed by atoms with Crippen molar-refractivity contribution in [1.29, 1.82) is 0 Å². The summed E-state index contributed by atoms with van der Waals surface area (Å²) in [6, 6.07) is 12.0. The third-order valence-corrected chi connectivity index (χ3v) is 6.13. The SMILES string of the molecule is COc1ccc([C@H]2[NH2+][C@H](c3ccc(OC)c(OC)c3)[C@H](C)C(=NO)[C@H]2C)cc1OC. The zero-order valence-electron chi connectivity index (χ0n) is 18.4. The molecule has 162 valence electrons. The fraction of sp³-hybridized carbons (Fsp3) is 0.435. The number of rotatable bonds is 6. The highest BCUT2D eigenvalue weighted by Gasteiger charge is 2.43. The molecule has 0 radical (unpaired) electrons. The Morgan fingerprint density at radius 1 is 0.700 bits per heavy atom. The molecule has 3 N–H and O–H groups in total. The molecule has 30 heavy (non-hydrogen) atoms. The lowest BCUT2D eigenvalue weighted by Gasteiger charge is -2.38. The van der Waals surface area contributed by atoms with E-state index in [0.29, 0.717) is 23.0 Å². The second-order valence-electron chi connectivity index (χ2n) is 7.58. The molecule has 2 aromatic rings. The van der Waals surface area contributed by atoms with Crippen molar-refractivity contribution < 1.29 is 29.5 Å². The van der Waals surface area contributed by atoms with E-state index >= 15 is 0 Å². The molecule has 1 aliphatic rings. The summed E-state index contributed by atoms with van der Waals surface area (Å²) >= 11 is 0. The highest BCUT2D eigenvalue weighted by atomic mass is 16.5. The Morgan fingerprint density at radius 3 is 1.43 bits per heavy atom. The van der Waals surface area contributed by atoms with Crippen LogP contribution in [0.15, 0.2) is 41.6 Å². The lowest BCUT2D eigenvalue weighted by molar-refractivity contribution is -0.747. The molecule has 0 aliphatic carbocycles. The van der Waals surface area contributed by atoms with Crippen LogP contribution in [0.2, 0.25) is 0 Å². The fourth-order valence-electron chi connectivity index (χ4n) is 4.44. The Morgan fingerprint density at radius 2 is 1.10 bits per heavy atom. The number of ether oxygens (including phenoxy) is 4. The van der Waals surface area contributed by atoms with E-state index < -0.39 is 0 Å². The van der Waals surface area contributed by atoms with Gasteiger partial charge in [-0.2, -0.15) is 0 Å². The lowest BCUT2D eigenvalue weighted by Crippen LogP contribution is -2.91. The Balaban J connectivity index is 2.03. The summed E-state index contributed by atoms with van der Waals surface area (Å²) in [6.45, 7) is 4.18. The second kappa shape index (κ2) is 9.26. The number of piperidine rings is 1. The summed E-state index contributed by atoms with van der Waals surface area (Å²) in [7, 11) is 6.51. The van der Waals surface area contributed by atoms with Crippen molar-refractivity contribution in [3.05, 3.63) is 47.5 Å². The second-order valence-corrected chi connectivity index (χ2v) is 7.58. The number of hydrogen-bond donors (Lipinski definition) is 2. The van der Waals surface area contributed by atoms with Crippen LogP contribution in [0.5, 0.6) is 23.0 Å². The van der Waals surface area contributed by atoms with Crippen LogP contribution in [-0.2, 0) is 0 Å². The monoisotopic (exact) mass is 415 g/mol. The predicted molar refractivity (Wildman–Crippen MR) is 114 cm³/mol. The molecule has 1 saturated heterocycles. The molecule has 3 rings (SSSR count). The Kier molecular flexibility index (Phi) is 6.72. The third kappa shape index (κ3) is 3.89. The molecule has 1 aliphatic heterocycles. The summed E-state index contributed by atoms with van der Waals surface area (Å²) in [5, 5.41) is 15.8. The van der Waals surface area contributed by atoms with Gasteiger partial charge in [0.15, 0.2) is 23.0 Å². The number of methoxy groups -OCH3 is 4. The standard InChI is InChI=1S/C23H30N2O5/c1-13-21(25-26)14(2)23(16-8-10-18(28-4)20(12-16)30-6)24-22(13)15-7-9-17(27-3)19(11-15)29-5/h7-14,22-24,26H,1-6H3/p+1/t13-,14-,22+,23+/m1/s1. The van der Waals surface area contributed by atoms with E-state index in [1.807, 2.05) is 36.4 Å². The molecular weight excluding hydrogens is 384 g/mol. The molecule has 2 aromatic carbocycles. The molecule has 7 nitrogen and oxygen atoms in total. The fourth-order valence-corrected chi connectivity index (χ4v) is 4.44. The van der Waals surface area contributed by atoms with E-state index in [0.717, 1.165) is 16.8 Å². The first-order valence-electron chi connectivity index (χ1n) is 9.99. The average molecular weight is 416 g/mol. The van der Waals surface area contributed by atoms with Crippen LogP contribution in [0, 0.1) is 11.8 Å². The first kappa shape index (κ1) is 21.8. The van der Waals surface area contributed by atoms with Crippen LogP contribution in [0.25, 0.3) is 0 Å². The van der Waals surface area contributed by atoms with Crippen molar-refractivity contribution in [2.75, 3.05) is 28.4 Å². The van der Waals surface area contributed by atoms with Gasteiger partial charge in [0, 0.05) is 11.1 Å². The number of nitrogens with two attached hydrogens (primary N) is 1. The number of benzene rings is 2. The summed E-state index contributed by atoms with van der Waals surface area (Å²) < 4.78 is 21.7. The minimum atomic E-state index is 0.0412. The van der Waals surface area contributed by atoms with Gasteiger partial charge in [0.05, 0.1) is 46.0 Å². The van der Waals surface area contributed by atoms with Crippen LogP contribution < -0.4 is 24.3 Å². The van der Waals surface area contributed by atoms with E-state index in [4.69, 9.17) is 18.9 Å². The molecule has 4 atom stereocenters. The molecule has 0 aromatic heterocycles. The number of nitrogens with zero attached hydrogens (tertiary/aromatic N) is 1. The number of quaternary nitrogens is 1. The van der Waals surface area contributed by atoms with Gasteiger partial charge in [-0.05, 0) is 36.4 Å². The molecular formula is C23H31N2O5+. The van der Waals surface area contributed by atoms with E-state index in [-0.39, 0.29) is 23.9 Å². The molecule has 0 saturated carbocycles. The smallest absolute Gasteiger partial charge is 0.161 e. The van der Waals surface area contributed by atoms with Crippen LogP contribution >= 0.6 is 0 Å². The molecule has 7 heteroatoms. The summed E-state index contributed by atoms with van der Waals surface area (Å²) in [5.74, 6) is 2.81. The quantitative estimate of drug-likeness (QED) is 0.559. The van der Waals surface area contributed by atoms with Gasteiger partial charge in [-0.1, -0.05) is 19.0 Å². The van der Waals surface area contributed by atoms with Crippen molar-refractivity contribution in [3.8, 4) is 23.0 Å². The summed E-state index contributed by atoms with van der Waals surface area (Å²) in [6.07, 6.45) is 0. The topological polar surface area (TPSA) is 86.1 Å². The zero-order chi connectivity index (χ0) is 21.8. The van der Waals surface area contributed by atoms with Gasteiger partial charge in [-0.25, -0.2) is 0 Å². The first-order valence-corrected chi connectivity index (χ1v) is 9.99. The van der Waals surface area contributed by atoms with Gasteiger partial charge < -0.3 is 29.5 Å².